The van der Waals surface area contributed by atoms with E-state index >= 15 is 0 Å². The van der Waals surface area contributed by atoms with Crippen LogP contribution in [0.4, 0.5) is 0 Å². The number of hydrogen-bond acceptors (Lipinski definition) is 7. The SMILES string of the molecule is COC(=O)c1sccc1S(=O)(=O)N(Cc1ccncc1)Cc1ccc(OCC(C)C)cc1. The van der Waals surface area contributed by atoms with Crippen molar-refractivity contribution in [3.05, 3.63) is 76.2 Å². The molecule has 0 aliphatic heterocycles. The fourth-order valence-electron chi connectivity index (χ4n) is 2.96. The Labute approximate surface area is 192 Å². The van der Waals surface area contributed by atoms with Gasteiger partial charge in [-0.2, -0.15) is 4.31 Å². The van der Waals surface area contributed by atoms with Gasteiger partial charge in [-0.25, -0.2) is 13.2 Å². The van der Waals surface area contributed by atoms with E-state index in [2.05, 4.69) is 18.8 Å². The minimum absolute atomic E-state index is 0.0553. The van der Waals surface area contributed by atoms with E-state index in [0.717, 1.165) is 28.2 Å². The number of hydrogen-bond donors (Lipinski definition) is 0. The number of esters is 1. The highest BCUT2D eigenvalue weighted by Gasteiger charge is 2.31. The van der Waals surface area contributed by atoms with Gasteiger partial charge in [0.05, 0.1) is 13.7 Å². The first-order chi connectivity index (χ1) is 15.3. The Morgan fingerprint density at radius 2 is 1.66 bits per heavy atom. The summed E-state index contributed by atoms with van der Waals surface area (Å²) in [6, 6.07) is 12.3. The smallest absolute Gasteiger partial charge is 0.349 e. The number of rotatable bonds is 10. The summed E-state index contributed by atoms with van der Waals surface area (Å²) in [4.78, 5) is 16.1. The molecule has 1 aromatic carbocycles. The quantitative estimate of drug-likeness (QED) is 0.406. The van der Waals surface area contributed by atoms with Crippen molar-refractivity contribution in [1.82, 2.24) is 9.29 Å². The Balaban J connectivity index is 1.90. The zero-order valence-corrected chi connectivity index (χ0v) is 19.9. The topological polar surface area (TPSA) is 85.8 Å². The van der Waals surface area contributed by atoms with E-state index in [4.69, 9.17) is 9.47 Å². The predicted octanol–water partition coefficient (Wildman–Crippen LogP) is 4.36. The third-order valence-corrected chi connectivity index (χ3v) is 7.45. The highest BCUT2D eigenvalue weighted by atomic mass is 32.2. The van der Waals surface area contributed by atoms with Gasteiger partial charge < -0.3 is 9.47 Å². The van der Waals surface area contributed by atoms with Gasteiger partial charge in [0.1, 0.15) is 15.5 Å². The predicted molar refractivity (Wildman–Crippen MR) is 123 cm³/mol. The number of carbonyl (C=O) groups is 1. The van der Waals surface area contributed by atoms with Gasteiger partial charge in [0.15, 0.2) is 0 Å². The normalized spacial score (nSPS) is 11.7. The molecule has 170 valence electrons. The first-order valence-electron chi connectivity index (χ1n) is 10.1. The summed E-state index contributed by atoms with van der Waals surface area (Å²) in [5.41, 5.74) is 1.59. The summed E-state index contributed by atoms with van der Waals surface area (Å²) in [6.45, 7) is 5.02. The maximum Gasteiger partial charge on any atom is 0.349 e. The first-order valence-corrected chi connectivity index (χ1v) is 12.4. The molecule has 7 nitrogen and oxygen atoms in total. The zero-order chi connectivity index (χ0) is 23.1. The van der Waals surface area contributed by atoms with E-state index in [1.807, 2.05) is 24.3 Å². The molecule has 0 N–H and O–H groups in total. The Morgan fingerprint density at radius 1 is 1.03 bits per heavy atom. The van der Waals surface area contributed by atoms with Crippen LogP contribution < -0.4 is 4.74 Å². The van der Waals surface area contributed by atoms with Gasteiger partial charge in [-0.3, -0.25) is 4.98 Å². The summed E-state index contributed by atoms with van der Waals surface area (Å²) in [6.07, 6.45) is 3.23. The molecule has 2 aromatic heterocycles. The Hall–Kier alpha value is -2.75. The van der Waals surface area contributed by atoms with E-state index in [9.17, 15) is 13.2 Å². The van der Waals surface area contributed by atoms with Crippen LogP contribution in [-0.2, 0) is 27.8 Å². The standard InChI is InChI=1S/C23H26N2O5S2/c1-17(2)16-30-20-6-4-18(5-7-20)14-25(15-19-8-11-24-12-9-19)32(27,28)21-10-13-31-22(21)23(26)29-3/h4-13,17H,14-16H2,1-3H3. The van der Waals surface area contributed by atoms with Crippen molar-refractivity contribution >= 4 is 27.3 Å². The molecule has 2 heterocycles. The van der Waals surface area contributed by atoms with E-state index in [1.165, 1.54) is 17.5 Å². The number of benzene rings is 1. The van der Waals surface area contributed by atoms with Gasteiger partial charge in [-0.1, -0.05) is 26.0 Å². The molecule has 32 heavy (non-hydrogen) atoms. The van der Waals surface area contributed by atoms with E-state index < -0.39 is 16.0 Å². The zero-order valence-electron chi connectivity index (χ0n) is 18.2. The molecule has 0 aliphatic rings. The maximum absolute atomic E-state index is 13.6. The van der Waals surface area contributed by atoms with Crippen molar-refractivity contribution in [2.75, 3.05) is 13.7 Å². The number of thiophene rings is 1. The Bertz CT molecular complexity index is 1130. The lowest BCUT2D eigenvalue weighted by Crippen LogP contribution is -2.31. The number of methoxy groups -OCH3 is 1. The van der Waals surface area contributed by atoms with Crippen LogP contribution in [0.2, 0.25) is 0 Å². The van der Waals surface area contributed by atoms with Gasteiger partial charge in [0, 0.05) is 25.5 Å². The molecule has 0 fully saturated rings. The third-order valence-electron chi connectivity index (χ3n) is 4.59. The lowest BCUT2D eigenvalue weighted by atomic mass is 10.2. The van der Waals surface area contributed by atoms with Gasteiger partial charge in [-0.05, 0) is 52.8 Å². The second kappa shape index (κ2) is 10.7. The molecule has 3 rings (SSSR count). The Kier molecular flexibility index (Phi) is 8.00. The van der Waals surface area contributed by atoms with Crippen molar-refractivity contribution in [2.45, 2.75) is 31.8 Å². The van der Waals surface area contributed by atoms with Crippen molar-refractivity contribution in [2.24, 2.45) is 5.92 Å². The molecule has 0 spiro atoms. The lowest BCUT2D eigenvalue weighted by Gasteiger charge is -2.22. The second-order valence-corrected chi connectivity index (χ2v) is 10.4. The van der Waals surface area contributed by atoms with Crippen molar-refractivity contribution in [1.29, 1.82) is 0 Å². The molecule has 0 atom stereocenters. The molecule has 0 saturated heterocycles. The van der Waals surface area contributed by atoms with Crippen LogP contribution in [0.5, 0.6) is 5.75 Å². The first kappa shape index (κ1) is 23.9. The highest BCUT2D eigenvalue weighted by molar-refractivity contribution is 7.89. The fourth-order valence-corrected chi connectivity index (χ4v) is 5.68. The lowest BCUT2D eigenvalue weighted by molar-refractivity contribution is 0.0602. The molecule has 0 bridgehead atoms. The average Bonchev–Trinajstić information content (AvgIpc) is 3.29. The van der Waals surface area contributed by atoms with Crippen LogP contribution in [0.1, 0.15) is 34.6 Å². The van der Waals surface area contributed by atoms with Gasteiger partial charge in [-0.15, -0.1) is 11.3 Å². The van der Waals surface area contributed by atoms with Crippen molar-refractivity contribution in [3.8, 4) is 5.75 Å². The van der Waals surface area contributed by atoms with Crippen LogP contribution in [0, 0.1) is 5.92 Å². The largest absolute Gasteiger partial charge is 0.493 e. The average molecular weight is 475 g/mol. The van der Waals surface area contributed by atoms with E-state index in [1.54, 1.807) is 29.9 Å². The monoisotopic (exact) mass is 474 g/mol. The van der Waals surface area contributed by atoms with Crippen molar-refractivity contribution < 1.29 is 22.7 Å². The summed E-state index contributed by atoms with van der Waals surface area (Å²) in [5.74, 6) is 0.469. The molecule has 3 aromatic rings. The van der Waals surface area contributed by atoms with Crippen LogP contribution >= 0.6 is 11.3 Å². The minimum Gasteiger partial charge on any atom is -0.493 e. The molecule has 0 amide bonds. The number of sulfonamides is 1. The summed E-state index contributed by atoms with van der Waals surface area (Å²) < 4.78 is 39.0. The Morgan fingerprint density at radius 3 is 2.25 bits per heavy atom. The van der Waals surface area contributed by atoms with Crippen LogP contribution in [0.25, 0.3) is 0 Å². The molecule has 0 aliphatic carbocycles. The highest BCUT2D eigenvalue weighted by Crippen LogP contribution is 2.28. The van der Waals surface area contributed by atoms with E-state index in [0.29, 0.717) is 12.5 Å². The van der Waals surface area contributed by atoms with Crippen LogP contribution in [0.3, 0.4) is 0 Å². The summed E-state index contributed by atoms with van der Waals surface area (Å²) in [5, 5.41) is 1.57. The molecule has 9 heteroatoms. The summed E-state index contributed by atoms with van der Waals surface area (Å²) >= 11 is 1.04. The minimum atomic E-state index is -3.98. The van der Waals surface area contributed by atoms with Gasteiger partial charge in [0.2, 0.25) is 10.0 Å². The molecule has 0 unspecified atom stereocenters. The second-order valence-electron chi connectivity index (χ2n) is 7.58. The van der Waals surface area contributed by atoms with Gasteiger partial charge in [0.25, 0.3) is 0 Å². The van der Waals surface area contributed by atoms with Crippen molar-refractivity contribution in [3.63, 3.8) is 0 Å². The van der Waals surface area contributed by atoms with Gasteiger partial charge >= 0.3 is 5.97 Å². The molecular weight excluding hydrogens is 448 g/mol. The number of carbonyl (C=O) groups excluding carboxylic acids is 1. The molecular formula is C23H26N2O5S2. The van der Waals surface area contributed by atoms with Crippen LogP contribution in [-0.4, -0.2) is 37.4 Å². The molecule has 0 radical (unpaired) electrons. The fraction of sp³-hybridized carbons (Fsp3) is 0.304. The number of pyridine rings is 1. The van der Waals surface area contributed by atoms with E-state index in [-0.39, 0.29) is 22.9 Å². The number of ether oxygens (including phenoxy) is 2. The van der Waals surface area contributed by atoms with Crippen LogP contribution in [0.15, 0.2) is 65.1 Å². The number of aromatic nitrogens is 1. The molecule has 0 saturated carbocycles. The number of nitrogens with zero attached hydrogens (tertiary/aromatic N) is 2. The third kappa shape index (κ3) is 5.93. The summed E-state index contributed by atoms with van der Waals surface area (Å²) in [7, 11) is -2.75. The maximum atomic E-state index is 13.6.